The molecular weight excluding hydrogens is 276 g/mol. The maximum atomic E-state index is 10.7. The number of hydrogen-bond donors (Lipinski definition) is 2. The number of benzene rings is 2. The molecule has 22 heavy (non-hydrogen) atoms. The zero-order chi connectivity index (χ0) is 15.8. The number of carbonyl (C=O) groups excluding carboxylic acids is 1. The first-order valence-electron chi connectivity index (χ1n) is 7.42. The summed E-state index contributed by atoms with van der Waals surface area (Å²) in [6, 6.07) is 17.7. The van der Waals surface area contributed by atoms with Crippen LogP contribution in [0.2, 0.25) is 0 Å². The lowest BCUT2D eigenvalue weighted by Gasteiger charge is -2.12. The van der Waals surface area contributed by atoms with Gasteiger partial charge in [0, 0.05) is 6.54 Å². The third-order valence-electron chi connectivity index (χ3n) is 3.38. The number of rotatable bonds is 7. The second-order valence-electron chi connectivity index (χ2n) is 5.47. The summed E-state index contributed by atoms with van der Waals surface area (Å²) in [6.45, 7) is 3.23. The molecule has 0 radical (unpaired) electrons. The van der Waals surface area contributed by atoms with E-state index in [9.17, 15) is 4.79 Å². The zero-order valence-corrected chi connectivity index (χ0v) is 12.8. The van der Waals surface area contributed by atoms with Gasteiger partial charge in [-0.25, -0.2) is 4.79 Å². The van der Waals surface area contributed by atoms with Crippen molar-refractivity contribution in [2.75, 3.05) is 6.54 Å². The van der Waals surface area contributed by atoms with Gasteiger partial charge in [0.05, 0.1) is 0 Å². The maximum Gasteiger partial charge on any atom is 0.312 e. The Morgan fingerprint density at radius 3 is 2.41 bits per heavy atom. The summed E-state index contributed by atoms with van der Waals surface area (Å²) in [5, 5.41) is 2.63. The van der Waals surface area contributed by atoms with Crippen LogP contribution in [0.3, 0.4) is 0 Å². The average molecular weight is 298 g/mol. The number of urea groups is 1. The molecule has 4 nitrogen and oxygen atoms in total. The Morgan fingerprint density at radius 2 is 1.77 bits per heavy atom. The Hall–Kier alpha value is -2.49. The van der Waals surface area contributed by atoms with Crippen molar-refractivity contribution < 1.29 is 9.53 Å². The van der Waals surface area contributed by atoms with E-state index in [1.54, 1.807) is 0 Å². The van der Waals surface area contributed by atoms with Crippen LogP contribution < -0.4 is 15.8 Å². The predicted molar refractivity (Wildman–Crippen MR) is 87.7 cm³/mol. The van der Waals surface area contributed by atoms with Crippen molar-refractivity contribution in [3.05, 3.63) is 65.7 Å². The first kappa shape index (κ1) is 15.9. The van der Waals surface area contributed by atoms with Gasteiger partial charge in [-0.05, 0) is 35.6 Å². The van der Waals surface area contributed by atoms with E-state index in [0.717, 1.165) is 17.7 Å². The minimum Gasteiger partial charge on any atom is -0.489 e. The Balaban J connectivity index is 1.81. The van der Waals surface area contributed by atoms with Gasteiger partial charge in [-0.1, -0.05) is 49.4 Å². The molecule has 4 heteroatoms. The minimum absolute atomic E-state index is 0.337. The molecule has 0 spiro atoms. The number of carbonyl (C=O) groups is 1. The van der Waals surface area contributed by atoms with Gasteiger partial charge in [0.1, 0.15) is 12.4 Å². The summed E-state index contributed by atoms with van der Waals surface area (Å²) in [4.78, 5) is 10.7. The van der Waals surface area contributed by atoms with Gasteiger partial charge in [-0.2, -0.15) is 0 Å². The molecule has 0 aromatic heterocycles. The number of primary amides is 1. The normalized spacial score (nSPS) is 11.7. The van der Waals surface area contributed by atoms with Crippen LogP contribution in [0.4, 0.5) is 4.79 Å². The van der Waals surface area contributed by atoms with E-state index in [1.165, 1.54) is 5.56 Å². The van der Waals surface area contributed by atoms with Crippen LogP contribution in [0.5, 0.6) is 5.75 Å². The summed E-state index contributed by atoms with van der Waals surface area (Å²) < 4.78 is 5.76. The fraction of sp³-hybridized carbons (Fsp3) is 0.278. The standard InChI is InChI=1S/C18H22N2O2/c1-14(12-20-18(19)21)11-15-7-9-17(10-8-15)22-13-16-5-3-2-4-6-16/h2-10,14H,11-13H2,1H3,(H3,19,20,21). The highest BCUT2D eigenvalue weighted by molar-refractivity contribution is 5.71. The first-order chi connectivity index (χ1) is 10.6. The van der Waals surface area contributed by atoms with Gasteiger partial charge in [0.15, 0.2) is 0 Å². The molecule has 0 fully saturated rings. The van der Waals surface area contributed by atoms with Crippen LogP contribution >= 0.6 is 0 Å². The van der Waals surface area contributed by atoms with Crippen molar-refractivity contribution in [3.63, 3.8) is 0 Å². The molecule has 0 bridgehead atoms. The number of hydrogen-bond acceptors (Lipinski definition) is 2. The van der Waals surface area contributed by atoms with E-state index in [1.807, 2.05) is 42.5 Å². The molecule has 3 N–H and O–H groups in total. The van der Waals surface area contributed by atoms with Gasteiger partial charge in [-0.3, -0.25) is 0 Å². The predicted octanol–water partition coefficient (Wildman–Crippen LogP) is 3.11. The number of amides is 2. The molecule has 2 aromatic rings. The average Bonchev–Trinajstić information content (AvgIpc) is 2.53. The molecule has 0 saturated carbocycles. The van der Waals surface area contributed by atoms with E-state index in [4.69, 9.17) is 10.5 Å². The van der Waals surface area contributed by atoms with Gasteiger partial charge < -0.3 is 15.8 Å². The Kier molecular flexibility index (Phi) is 5.83. The number of ether oxygens (including phenoxy) is 1. The molecule has 0 saturated heterocycles. The molecule has 0 aliphatic rings. The molecule has 2 aromatic carbocycles. The molecule has 0 aliphatic carbocycles. The van der Waals surface area contributed by atoms with E-state index >= 15 is 0 Å². The summed E-state index contributed by atoms with van der Waals surface area (Å²) >= 11 is 0. The summed E-state index contributed by atoms with van der Waals surface area (Å²) in [5.74, 6) is 1.19. The molecule has 1 atom stereocenters. The fourth-order valence-corrected chi connectivity index (χ4v) is 2.21. The second kappa shape index (κ2) is 8.08. The maximum absolute atomic E-state index is 10.7. The quantitative estimate of drug-likeness (QED) is 0.825. The van der Waals surface area contributed by atoms with Gasteiger partial charge in [0.25, 0.3) is 0 Å². The van der Waals surface area contributed by atoms with Crippen LogP contribution in [-0.2, 0) is 13.0 Å². The molecular formula is C18H22N2O2. The van der Waals surface area contributed by atoms with Crippen LogP contribution in [0.1, 0.15) is 18.1 Å². The summed E-state index contributed by atoms with van der Waals surface area (Å²) in [7, 11) is 0. The lowest BCUT2D eigenvalue weighted by Crippen LogP contribution is -2.33. The lowest BCUT2D eigenvalue weighted by atomic mass is 10.0. The Labute approximate surface area is 131 Å². The number of nitrogens with one attached hydrogen (secondary N) is 1. The first-order valence-corrected chi connectivity index (χ1v) is 7.42. The van der Waals surface area contributed by atoms with Crippen molar-refractivity contribution in [2.24, 2.45) is 11.7 Å². The van der Waals surface area contributed by atoms with E-state index in [2.05, 4.69) is 24.4 Å². The van der Waals surface area contributed by atoms with Crippen molar-refractivity contribution in [3.8, 4) is 5.75 Å². The summed E-state index contributed by atoms with van der Waals surface area (Å²) in [5.41, 5.74) is 7.43. The zero-order valence-electron chi connectivity index (χ0n) is 12.8. The largest absolute Gasteiger partial charge is 0.489 e. The van der Waals surface area contributed by atoms with Crippen LogP contribution in [-0.4, -0.2) is 12.6 Å². The van der Waals surface area contributed by atoms with Gasteiger partial charge >= 0.3 is 6.03 Å². The smallest absolute Gasteiger partial charge is 0.312 e. The lowest BCUT2D eigenvalue weighted by molar-refractivity contribution is 0.247. The highest BCUT2D eigenvalue weighted by Crippen LogP contribution is 2.16. The molecule has 1 unspecified atom stereocenters. The monoisotopic (exact) mass is 298 g/mol. The van der Waals surface area contributed by atoms with Crippen molar-refractivity contribution in [1.82, 2.24) is 5.32 Å². The van der Waals surface area contributed by atoms with Crippen LogP contribution in [0.15, 0.2) is 54.6 Å². The van der Waals surface area contributed by atoms with Crippen molar-refractivity contribution in [1.29, 1.82) is 0 Å². The molecule has 2 rings (SSSR count). The van der Waals surface area contributed by atoms with Crippen molar-refractivity contribution in [2.45, 2.75) is 20.0 Å². The van der Waals surface area contributed by atoms with Crippen molar-refractivity contribution >= 4 is 6.03 Å². The third kappa shape index (κ3) is 5.48. The van der Waals surface area contributed by atoms with E-state index < -0.39 is 6.03 Å². The molecule has 2 amide bonds. The SMILES string of the molecule is CC(CNC(N)=O)Cc1ccc(OCc2ccccc2)cc1. The fourth-order valence-electron chi connectivity index (χ4n) is 2.21. The number of nitrogens with two attached hydrogens (primary N) is 1. The van der Waals surface area contributed by atoms with E-state index in [0.29, 0.717) is 19.1 Å². The topological polar surface area (TPSA) is 64.3 Å². The Morgan fingerprint density at radius 1 is 1.09 bits per heavy atom. The highest BCUT2D eigenvalue weighted by atomic mass is 16.5. The van der Waals surface area contributed by atoms with Gasteiger partial charge in [0.2, 0.25) is 0 Å². The van der Waals surface area contributed by atoms with Gasteiger partial charge in [-0.15, -0.1) is 0 Å². The Bertz CT molecular complexity index is 582. The minimum atomic E-state index is -0.475. The molecule has 0 heterocycles. The molecule has 0 aliphatic heterocycles. The molecule has 116 valence electrons. The third-order valence-corrected chi connectivity index (χ3v) is 3.38. The second-order valence-corrected chi connectivity index (χ2v) is 5.47. The van der Waals surface area contributed by atoms with E-state index in [-0.39, 0.29) is 0 Å². The highest BCUT2D eigenvalue weighted by Gasteiger charge is 2.05. The van der Waals surface area contributed by atoms with Crippen LogP contribution in [0.25, 0.3) is 0 Å². The van der Waals surface area contributed by atoms with Crippen LogP contribution in [0, 0.1) is 5.92 Å². The summed E-state index contributed by atoms with van der Waals surface area (Å²) in [6.07, 6.45) is 0.888.